The third-order valence-corrected chi connectivity index (χ3v) is 3.85. The first-order chi connectivity index (χ1) is 10.3. The van der Waals surface area contributed by atoms with Gasteiger partial charge in [0, 0.05) is 6.08 Å². The first-order valence-corrected chi connectivity index (χ1v) is 8.40. The highest BCUT2D eigenvalue weighted by molar-refractivity contribution is 7.88. The normalized spacial score (nSPS) is 24.6. The highest BCUT2D eigenvalue weighted by Gasteiger charge is 2.39. The molecule has 0 aliphatic carbocycles. The molecule has 1 heterocycles. The second-order valence-corrected chi connectivity index (χ2v) is 6.76. The van der Waals surface area contributed by atoms with Gasteiger partial charge >= 0.3 is 5.97 Å². The topological polar surface area (TPSA) is 92.7 Å². The number of ether oxygens (including phenoxy) is 1. The Hall–Kier alpha value is -1.77. The Morgan fingerprint density at radius 3 is 2.55 bits per heavy atom. The summed E-state index contributed by atoms with van der Waals surface area (Å²) in [5, 5.41) is 10.2. The lowest BCUT2D eigenvalue weighted by Crippen LogP contribution is -2.52. The van der Waals surface area contributed by atoms with Crippen molar-refractivity contribution < 1.29 is 27.4 Å². The van der Waals surface area contributed by atoms with Crippen molar-refractivity contribution in [2.24, 2.45) is 0 Å². The van der Waals surface area contributed by atoms with E-state index in [1.807, 2.05) is 0 Å². The minimum absolute atomic E-state index is 0.207. The summed E-state index contributed by atoms with van der Waals surface area (Å²) in [7, 11) is -3.62. The Morgan fingerprint density at radius 2 is 1.95 bits per heavy atom. The zero-order chi connectivity index (χ0) is 16.3. The van der Waals surface area contributed by atoms with Gasteiger partial charge in [-0.25, -0.2) is 22.3 Å². The lowest BCUT2D eigenvalue weighted by atomic mass is 9.96. The average Bonchev–Trinajstić information content (AvgIpc) is 2.47. The number of hydrogen-bond donors (Lipinski definition) is 2. The molecule has 0 aromatic heterocycles. The molecule has 120 valence electrons. The summed E-state index contributed by atoms with van der Waals surface area (Å²) in [6, 6.07) is 6.83. The van der Waals surface area contributed by atoms with Crippen LogP contribution in [0.4, 0.5) is 4.39 Å². The van der Waals surface area contributed by atoms with Gasteiger partial charge in [0.1, 0.15) is 6.10 Å². The van der Waals surface area contributed by atoms with E-state index in [0.29, 0.717) is 0 Å². The van der Waals surface area contributed by atoms with Crippen molar-refractivity contribution in [3.8, 4) is 0 Å². The summed E-state index contributed by atoms with van der Waals surface area (Å²) in [6.45, 7) is 0. The first-order valence-electron chi connectivity index (χ1n) is 6.51. The number of benzene rings is 1. The number of esters is 1. The predicted molar refractivity (Wildman–Crippen MR) is 77.1 cm³/mol. The lowest BCUT2D eigenvalue weighted by Gasteiger charge is -2.32. The van der Waals surface area contributed by atoms with E-state index in [9.17, 15) is 22.7 Å². The van der Waals surface area contributed by atoms with Gasteiger partial charge in [0.2, 0.25) is 10.0 Å². The first kappa shape index (κ1) is 16.6. The zero-order valence-corrected chi connectivity index (χ0v) is 12.5. The van der Waals surface area contributed by atoms with Gasteiger partial charge in [0.15, 0.2) is 12.3 Å². The van der Waals surface area contributed by atoms with Gasteiger partial charge in [-0.3, -0.25) is 0 Å². The minimum atomic E-state index is -3.62. The Labute approximate surface area is 127 Å². The van der Waals surface area contributed by atoms with Crippen molar-refractivity contribution >= 4 is 16.0 Å². The minimum Gasteiger partial charge on any atom is -0.454 e. The molecule has 1 aromatic rings. The summed E-state index contributed by atoms with van der Waals surface area (Å²) >= 11 is 0. The maximum atomic E-state index is 14.4. The fourth-order valence-corrected chi connectivity index (χ4v) is 2.88. The summed E-state index contributed by atoms with van der Waals surface area (Å²) in [5.74, 6) is -0.768. The molecule has 0 saturated heterocycles. The van der Waals surface area contributed by atoms with E-state index in [2.05, 4.69) is 4.72 Å². The SMILES string of the molecule is CS(=O)(=O)N[C@H]1C=CC(=O)O[C@H]1[C@@H](O)[C@H](F)c1ccccc1. The van der Waals surface area contributed by atoms with Gasteiger partial charge in [-0.15, -0.1) is 0 Å². The van der Waals surface area contributed by atoms with Crippen LogP contribution in [0.5, 0.6) is 0 Å². The average molecular weight is 329 g/mol. The number of carbonyl (C=O) groups is 1. The van der Waals surface area contributed by atoms with E-state index >= 15 is 0 Å². The molecule has 1 aliphatic rings. The zero-order valence-electron chi connectivity index (χ0n) is 11.7. The fraction of sp³-hybridized carbons (Fsp3) is 0.357. The monoisotopic (exact) mass is 329 g/mol. The molecule has 0 bridgehead atoms. The molecule has 0 spiro atoms. The standard InChI is InChI=1S/C14H16FNO5S/c1-22(19,20)16-10-7-8-11(17)21-14(10)13(18)12(15)9-5-3-2-4-6-9/h2-8,10,12-14,16,18H,1H3/t10-,12+,13-,14+/m0/s1. The Kier molecular flexibility index (Phi) is 4.94. The van der Waals surface area contributed by atoms with Gasteiger partial charge < -0.3 is 9.84 Å². The van der Waals surface area contributed by atoms with Crippen LogP contribution in [-0.2, 0) is 19.6 Å². The van der Waals surface area contributed by atoms with Crippen LogP contribution >= 0.6 is 0 Å². The molecular formula is C14H16FNO5S. The van der Waals surface area contributed by atoms with Gasteiger partial charge in [-0.1, -0.05) is 36.4 Å². The maximum Gasteiger partial charge on any atom is 0.330 e. The van der Waals surface area contributed by atoms with Gasteiger partial charge in [0.25, 0.3) is 0 Å². The molecule has 0 unspecified atom stereocenters. The molecule has 8 heteroatoms. The second kappa shape index (κ2) is 6.55. The summed E-state index contributed by atoms with van der Waals surface area (Å²) in [6.07, 6.45) is -1.71. The smallest absolute Gasteiger partial charge is 0.330 e. The van der Waals surface area contributed by atoms with Crippen LogP contribution in [0, 0.1) is 0 Å². The van der Waals surface area contributed by atoms with Crippen LogP contribution in [0.3, 0.4) is 0 Å². The van der Waals surface area contributed by atoms with Crippen molar-refractivity contribution in [1.29, 1.82) is 0 Å². The number of alkyl halides is 1. The molecule has 6 nitrogen and oxygen atoms in total. The van der Waals surface area contributed by atoms with Crippen molar-refractivity contribution in [3.05, 3.63) is 48.0 Å². The quantitative estimate of drug-likeness (QED) is 0.766. The number of cyclic esters (lactones) is 1. The molecule has 1 aromatic carbocycles. The van der Waals surface area contributed by atoms with E-state index in [4.69, 9.17) is 4.74 Å². The van der Waals surface area contributed by atoms with E-state index in [1.165, 1.54) is 18.2 Å². The van der Waals surface area contributed by atoms with E-state index < -0.39 is 40.4 Å². The molecule has 2 rings (SSSR count). The molecule has 1 aliphatic heterocycles. The predicted octanol–water partition coefficient (Wildman–Crippen LogP) is 0.457. The summed E-state index contributed by atoms with van der Waals surface area (Å²) in [5.41, 5.74) is 0.207. The number of aliphatic hydroxyl groups excluding tert-OH is 1. The third kappa shape index (κ3) is 4.12. The largest absolute Gasteiger partial charge is 0.454 e. The summed E-state index contributed by atoms with van der Waals surface area (Å²) < 4.78 is 44.2. The van der Waals surface area contributed by atoms with Crippen molar-refractivity contribution in [3.63, 3.8) is 0 Å². The molecule has 0 saturated carbocycles. The van der Waals surface area contributed by atoms with E-state index in [0.717, 1.165) is 12.3 Å². The number of carbonyl (C=O) groups excluding carboxylic acids is 1. The summed E-state index contributed by atoms with van der Waals surface area (Å²) in [4.78, 5) is 11.3. The fourth-order valence-electron chi connectivity index (χ4n) is 2.17. The second-order valence-electron chi connectivity index (χ2n) is 4.98. The highest BCUT2D eigenvalue weighted by atomic mass is 32.2. The lowest BCUT2D eigenvalue weighted by molar-refractivity contribution is -0.155. The molecule has 0 amide bonds. The molecule has 2 N–H and O–H groups in total. The number of hydrogen-bond acceptors (Lipinski definition) is 5. The number of sulfonamides is 1. The molecule has 0 radical (unpaired) electrons. The Bertz CT molecular complexity index is 661. The maximum absolute atomic E-state index is 14.4. The molecular weight excluding hydrogens is 313 g/mol. The molecule has 0 fully saturated rings. The molecule has 22 heavy (non-hydrogen) atoms. The third-order valence-electron chi connectivity index (χ3n) is 3.15. The number of rotatable bonds is 5. The van der Waals surface area contributed by atoms with E-state index in [-0.39, 0.29) is 5.56 Å². The van der Waals surface area contributed by atoms with Crippen LogP contribution < -0.4 is 4.72 Å². The number of aliphatic hydroxyl groups is 1. The Balaban J connectivity index is 2.23. The van der Waals surface area contributed by atoms with Crippen LogP contribution in [0.15, 0.2) is 42.5 Å². The van der Waals surface area contributed by atoms with Gasteiger partial charge in [0.05, 0.1) is 12.3 Å². The van der Waals surface area contributed by atoms with Gasteiger partial charge in [-0.2, -0.15) is 0 Å². The van der Waals surface area contributed by atoms with Crippen LogP contribution in [0.2, 0.25) is 0 Å². The van der Waals surface area contributed by atoms with Crippen LogP contribution in [-0.4, -0.2) is 44.0 Å². The van der Waals surface area contributed by atoms with Crippen molar-refractivity contribution in [2.75, 3.05) is 6.26 Å². The molecule has 4 atom stereocenters. The van der Waals surface area contributed by atoms with Crippen molar-refractivity contribution in [1.82, 2.24) is 4.72 Å². The highest BCUT2D eigenvalue weighted by Crippen LogP contribution is 2.27. The number of nitrogens with one attached hydrogen (secondary N) is 1. The number of halogens is 1. The van der Waals surface area contributed by atoms with E-state index in [1.54, 1.807) is 18.2 Å². The van der Waals surface area contributed by atoms with Crippen LogP contribution in [0.25, 0.3) is 0 Å². The Morgan fingerprint density at radius 1 is 1.32 bits per heavy atom. The van der Waals surface area contributed by atoms with Crippen molar-refractivity contribution in [2.45, 2.75) is 24.4 Å². The van der Waals surface area contributed by atoms with Crippen LogP contribution in [0.1, 0.15) is 11.7 Å². The van der Waals surface area contributed by atoms with Gasteiger partial charge in [-0.05, 0) is 5.56 Å².